The van der Waals surface area contributed by atoms with Crippen molar-refractivity contribution in [2.45, 2.75) is 38.8 Å². The monoisotopic (exact) mass is 222 g/mol. The Morgan fingerprint density at radius 2 is 2.38 bits per heavy atom. The number of nitrogens with zero attached hydrogens (tertiary/aromatic N) is 2. The number of aromatic nitrogens is 2. The summed E-state index contributed by atoms with van der Waals surface area (Å²) in [4.78, 5) is 11.5. The van der Waals surface area contributed by atoms with Crippen LogP contribution >= 0.6 is 0 Å². The first-order valence-electron chi connectivity index (χ1n) is 5.68. The molecule has 0 saturated heterocycles. The van der Waals surface area contributed by atoms with Crippen LogP contribution in [0.25, 0.3) is 0 Å². The van der Waals surface area contributed by atoms with Crippen LogP contribution in [0.3, 0.4) is 0 Å². The Balaban J connectivity index is 1.78. The molecule has 88 valence electrons. The zero-order valence-corrected chi connectivity index (χ0v) is 9.79. The Morgan fingerprint density at radius 3 is 2.88 bits per heavy atom. The number of hydrogen-bond donors (Lipinski definition) is 2. The van der Waals surface area contributed by atoms with Gasteiger partial charge < -0.3 is 10.6 Å². The van der Waals surface area contributed by atoms with Crippen molar-refractivity contribution in [3.8, 4) is 0 Å². The number of carbonyl (C=O) groups is 1. The molecule has 0 spiro atoms. The Hall–Kier alpha value is -1.52. The third-order valence-corrected chi connectivity index (χ3v) is 3.22. The smallest absolute Gasteiger partial charge is 0.315 e. The van der Waals surface area contributed by atoms with Gasteiger partial charge in [-0.1, -0.05) is 0 Å². The average Bonchev–Trinajstić information content (AvgIpc) is 2.51. The van der Waals surface area contributed by atoms with E-state index in [9.17, 15) is 4.79 Å². The van der Waals surface area contributed by atoms with Gasteiger partial charge in [-0.3, -0.25) is 4.68 Å². The van der Waals surface area contributed by atoms with Gasteiger partial charge in [0.25, 0.3) is 0 Å². The summed E-state index contributed by atoms with van der Waals surface area (Å²) in [5, 5.41) is 9.91. The summed E-state index contributed by atoms with van der Waals surface area (Å²) in [5.41, 5.74) is 2.15. The maximum atomic E-state index is 11.5. The molecule has 0 atom stereocenters. The molecule has 0 unspecified atom stereocenters. The molecular formula is C11H18N4O. The highest BCUT2D eigenvalue weighted by molar-refractivity contribution is 5.74. The van der Waals surface area contributed by atoms with Gasteiger partial charge in [0.15, 0.2) is 0 Å². The lowest BCUT2D eigenvalue weighted by Gasteiger charge is -2.26. The molecule has 1 heterocycles. The van der Waals surface area contributed by atoms with Crippen molar-refractivity contribution < 1.29 is 4.79 Å². The molecule has 1 aromatic rings. The predicted octanol–water partition coefficient (Wildman–Crippen LogP) is 1.08. The predicted molar refractivity (Wildman–Crippen MR) is 61.0 cm³/mol. The van der Waals surface area contributed by atoms with Crippen molar-refractivity contribution in [1.82, 2.24) is 20.4 Å². The van der Waals surface area contributed by atoms with Gasteiger partial charge in [0.05, 0.1) is 6.20 Å². The molecular weight excluding hydrogens is 204 g/mol. The lowest BCUT2D eigenvalue weighted by atomic mass is 9.93. The maximum absolute atomic E-state index is 11.5. The molecule has 2 N–H and O–H groups in total. The number of amides is 2. The fourth-order valence-electron chi connectivity index (χ4n) is 1.68. The first-order chi connectivity index (χ1) is 7.66. The first-order valence-corrected chi connectivity index (χ1v) is 5.68. The Labute approximate surface area is 95.2 Å². The molecule has 1 aliphatic carbocycles. The van der Waals surface area contributed by atoms with Gasteiger partial charge in [-0.2, -0.15) is 5.10 Å². The molecule has 0 aliphatic heterocycles. The van der Waals surface area contributed by atoms with Crippen LogP contribution in [0.1, 0.15) is 30.5 Å². The van der Waals surface area contributed by atoms with Crippen LogP contribution in [0.2, 0.25) is 0 Å². The number of rotatable bonds is 3. The van der Waals surface area contributed by atoms with Crippen LogP contribution in [0.15, 0.2) is 6.20 Å². The SMILES string of the molecule is Cc1c(CNC(=O)NC2CCC2)cnn1C. The fraction of sp³-hybridized carbons (Fsp3) is 0.636. The second-order valence-corrected chi connectivity index (χ2v) is 4.33. The molecule has 0 bridgehead atoms. The highest BCUT2D eigenvalue weighted by Gasteiger charge is 2.19. The quantitative estimate of drug-likeness (QED) is 0.804. The third-order valence-electron chi connectivity index (χ3n) is 3.22. The van der Waals surface area contributed by atoms with E-state index in [-0.39, 0.29) is 6.03 Å². The minimum Gasteiger partial charge on any atom is -0.335 e. The standard InChI is InChI=1S/C11H18N4O/c1-8-9(7-13-15(8)2)6-12-11(16)14-10-4-3-5-10/h7,10H,3-6H2,1-2H3,(H2,12,14,16). The first kappa shape index (κ1) is 11.0. The second kappa shape index (κ2) is 4.55. The van der Waals surface area contributed by atoms with E-state index in [0.717, 1.165) is 24.1 Å². The van der Waals surface area contributed by atoms with Gasteiger partial charge in [0.1, 0.15) is 0 Å². The molecule has 5 nitrogen and oxygen atoms in total. The Bertz CT molecular complexity index is 381. The van der Waals surface area contributed by atoms with Crippen LogP contribution in [0.4, 0.5) is 4.79 Å². The molecule has 5 heteroatoms. The summed E-state index contributed by atoms with van der Waals surface area (Å²) >= 11 is 0. The van der Waals surface area contributed by atoms with Crippen LogP contribution < -0.4 is 10.6 Å². The van der Waals surface area contributed by atoms with E-state index in [1.54, 1.807) is 10.9 Å². The summed E-state index contributed by atoms with van der Waals surface area (Å²) < 4.78 is 1.81. The van der Waals surface area contributed by atoms with Crippen molar-refractivity contribution >= 4 is 6.03 Å². The normalized spacial score (nSPS) is 15.6. The molecule has 2 amide bonds. The zero-order chi connectivity index (χ0) is 11.5. The van der Waals surface area contributed by atoms with Crippen LogP contribution in [-0.4, -0.2) is 21.9 Å². The lowest BCUT2D eigenvalue weighted by molar-refractivity contribution is 0.228. The van der Waals surface area contributed by atoms with Crippen LogP contribution in [-0.2, 0) is 13.6 Å². The van der Waals surface area contributed by atoms with Gasteiger partial charge in [-0.15, -0.1) is 0 Å². The summed E-state index contributed by atoms with van der Waals surface area (Å²) in [5.74, 6) is 0. The average molecular weight is 222 g/mol. The van der Waals surface area contributed by atoms with E-state index in [2.05, 4.69) is 15.7 Å². The maximum Gasteiger partial charge on any atom is 0.315 e. The molecule has 1 saturated carbocycles. The minimum atomic E-state index is -0.0760. The van der Waals surface area contributed by atoms with E-state index >= 15 is 0 Å². The number of carbonyl (C=O) groups excluding carboxylic acids is 1. The third kappa shape index (κ3) is 2.35. The fourth-order valence-corrected chi connectivity index (χ4v) is 1.68. The molecule has 1 aromatic heterocycles. The second-order valence-electron chi connectivity index (χ2n) is 4.33. The van der Waals surface area contributed by atoms with Crippen LogP contribution in [0.5, 0.6) is 0 Å². The highest BCUT2D eigenvalue weighted by Crippen LogP contribution is 2.17. The van der Waals surface area contributed by atoms with E-state index in [1.807, 2.05) is 14.0 Å². The summed E-state index contributed by atoms with van der Waals surface area (Å²) in [6.07, 6.45) is 5.24. The highest BCUT2D eigenvalue weighted by atomic mass is 16.2. The number of aryl methyl sites for hydroxylation is 1. The lowest BCUT2D eigenvalue weighted by Crippen LogP contribution is -2.44. The topological polar surface area (TPSA) is 59.0 Å². The van der Waals surface area contributed by atoms with Crippen molar-refractivity contribution in [2.75, 3.05) is 0 Å². The van der Waals surface area contributed by atoms with E-state index < -0.39 is 0 Å². The molecule has 1 aliphatic rings. The number of hydrogen-bond acceptors (Lipinski definition) is 2. The van der Waals surface area contributed by atoms with Gasteiger partial charge in [-0.25, -0.2) is 4.79 Å². The molecule has 2 rings (SSSR count). The molecule has 16 heavy (non-hydrogen) atoms. The summed E-state index contributed by atoms with van der Waals surface area (Å²) in [7, 11) is 1.90. The largest absolute Gasteiger partial charge is 0.335 e. The van der Waals surface area contributed by atoms with Gasteiger partial charge >= 0.3 is 6.03 Å². The van der Waals surface area contributed by atoms with Crippen molar-refractivity contribution in [3.63, 3.8) is 0 Å². The molecule has 1 fully saturated rings. The minimum absolute atomic E-state index is 0.0760. The number of nitrogens with one attached hydrogen (secondary N) is 2. The molecule has 0 aromatic carbocycles. The van der Waals surface area contributed by atoms with Crippen LogP contribution in [0, 0.1) is 6.92 Å². The van der Waals surface area contributed by atoms with Crippen molar-refractivity contribution in [3.05, 3.63) is 17.5 Å². The van der Waals surface area contributed by atoms with Crippen molar-refractivity contribution in [1.29, 1.82) is 0 Å². The summed E-state index contributed by atoms with van der Waals surface area (Å²) in [6, 6.07) is 0.308. The van der Waals surface area contributed by atoms with E-state index in [0.29, 0.717) is 12.6 Å². The van der Waals surface area contributed by atoms with Gasteiger partial charge in [-0.05, 0) is 26.2 Å². The Morgan fingerprint density at radius 1 is 1.62 bits per heavy atom. The number of urea groups is 1. The Kier molecular flexibility index (Phi) is 3.12. The molecule has 0 radical (unpaired) electrons. The van der Waals surface area contributed by atoms with Gasteiger partial charge in [0, 0.05) is 30.9 Å². The van der Waals surface area contributed by atoms with E-state index in [1.165, 1.54) is 6.42 Å². The zero-order valence-electron chi connectivity index (χ0n) is 9.79. The van der Waals surface area contributed by atoms with E-state index in [4.69, 9.17) is 0 Å². The van der Waals surface area contributed by atoms with Gasteiger partial charge in [0.2, 0.25) is 0 Å². The van der Waals surface area contributed by atoms with Crippen molar-refractivity contribution in [2.24, 2.45) is 7.05 Å². The summed E-state index contributed by atoms with van der Waals surface area (Å²) in [6.45, 7) is 2.53.